The zero-order valence-corrected chi connectivity index (χ0v) is 14.6. The first-order chi connectivity index (χ1) is 11.0. The molecule has 0 aliphatic heterocycles. The van der Waals surface area contributed by atoms with Crippen molar-refractivity contribution in [1.29, 1.82) is 0 Å². The normalized spacial score (nSPS) is 10.2. The molecule has 5 nitrogen and oxygen atoms in total. The molecule has 2 amide bonds. The minimum absolute atomic E-state index is 0.140. The molecular formula is C17H23NO4S. The van der Waals surface area contributed by atoms with Crippen molar-refractivity contribution in [2.24, 2.45) is 0 Å². The predicted octanol–water partition coefficient (Wildman–Crippen LogP) is 3.27. The third-order valence-electron chi connectivity index (χ3n) is 3.13. The van der Waals surface area contributed by atoms with E-state index in [0.29, 0.717) is 37.3 Å². The van der Waals surface area contributed by atoms with Gasteiger partial charge in [0.1, 0.15) is 5.75 Å². The quantitative estimate of drug-likeness (QED) is 0.414. The van der Waals surface area contributed by atoms with Crippen LogP contribution in [0.5, 0.6) is 5.75 Å². The molecule has 0 saturated heterocycles. The molecule has 0 aromatic heterocycles. The summed E-state index contributed by atoms with van der Waals surface area (Å²) in [4.78, 5) is 37.1. The van der Waals surface area contributed by atoms with Crippen molar-refractivity contribution in [2.75, 3.05) is 12.3 Å². The Morgan fingerprint density at radius 2 is 1.52 bits per heavy atom. The number of thioether (sulfide) groups is 1. The van der Waals surface area contributed by atoms with Crippen LogP contribution in [0.3, 0.4) is 0 Å². The van der Waals surface area contributed by atoms with Crippen molar-refractivity contribution in [3.63, 3.8) is 0 Å². The highest BCUT2D eigenvalue weighted by Gasteiger charge is 2.17. The molecule has 0 atom stereocenters. The number of ether oxygens (including phenoxy) is 1. The number of hydrogen-bond acceptors (Lipinski definition) is 5. The van der Waals surface area contributed by atoms with Gasteiger partial charge in [0.2, 0.25) is 11.8 Å². The summed E-state index contributed by atoms with van der Waals surface area (Å²) in [5, 5.41) is 0. The van der Waals surface area contributed by atoms with E-state index in [9.17, 15) is 14.4 Å². The van der Waals surface area contributed by atoms with Crippen LogP contribution in [-0.2, 0) is 14.4 Å². The molecule has 0 aliphatic carbocycles. The Bertz CT molecular complexity index is 526. The van der Waals surface area contributed by atoms with Gasteiger partial charge in [0.15, 0.2) is 0 Å². The van der Waals surface area contributed by atoms with Crippen LogP contribution in [0.1, 0.15) is 40.0 Å². The first kappa shape index (κ1) is 19.2. The lowest BCUT2D eigenvalue weighted by molar-refractivity contribution is -0.144. The molecule has 1 aromatic carbocycles. The summed E-state index contributed by atoms with van der Waals surface area (Å²) in [6.45, 7) is 5.65. The van der Waals surface area contributed by atoms with E-state index in [2.05, 4.69) is 0 Å². The lowest BCUT2D eigenvalue weighted by Gasteiger charge is -2.19. The molecule has 0 bridgehead atoms. The highest BCUT2D eigenvalue weighted by atomic mass is 32.2. The molecule has 6 heteroatoms. The van der Waals surface area contributed by atoms with Crippen molar-refractivity contribution >= 4 is 29.5 Å². The number of rotatable bonds is 8. The molecule has 126 valence electrons. The number of hydrogen-bond donors (Lipinski definition) is 0. The second kappa shape index (κ2) is 10.0. The minimum atomic E-state index is -0.266. The summed E-state index contributed by atoms with van der Waals surface area (Å²) in [6.07, 6.45) is 0.991. The van der Waals surface area contributed by atoms with Crippen molar-refractivity contribution < 1.29 is 19.1 Å². The molecule has 0 radical (unpaired) electrons. The Hall–Kier alpha value is -1.82. The first-order valence-corrected chi connectivity index (χ1v) is 8.77. The molecular weight excluding hydrogens is 314 g/mol. The van der Waals surface area contributed by atoms with Gasteiger partial charge >= 0.3 is 5.97 Å². The lowest BCUT2D eigenvalue weighted by Crippen LogP contribution is -2.37. The van der Waals surface area contributed by atoms with Crippen LogP contribution >= 0.6 is 11.8 Å². The third kappa shape index (κ3) is 6.44. The molecule has 23 heavy (non-hydrogen) atoms. The summed E-state index contributed by atoms with van der Waals surface area (Å²) < 4.78 is 5.11. The molecule has 0 aliphatic rings. The van der Waals surface area contributed by atoms with E-state index < -0.39 is 0 Å². The van der Waals surface area contributed by atoms with E-state index >= 15 is 0 Å². The molecule has 1 rings (SSSR count). The maximum atomic E-state index is 11.8. The standard InChI is InChI=1S/C17H23NO4S/c1-4-15(19)18(16(20)5-2)11-12-23-14-9-7-13(8-10-14)22-17(21)6-3/h7-10H,4-6,11-12H2,1-3H3. The Morgan fingerprint density at radius 3 is 2.00 bits per heavy atom. The van der Waals surface area contributed by atoms with Crippen LogP contribution in [0.15, 0.2) is 29.2 Å². The second-order valence-electron chi connectivity index (χ2n) is 4.79. The number of benzene rings is 1. The fourth-order valence-corrected chi connectivity index (χ4v) is 2.67. The highest BCUT2D eigenvalue weighted by Crippen LogP contribution is 2.22. The summed E-state index contributed by atoms with van der Waals surface area (Å²) in [5.74, 6) is 0.604. The van der Waals surface area contributed by atoms with Crippen molar-refractivity contribution in [3.05, 3.63) is 24.3 Å². The summed E-state index contributed by atoms with van der Waals surface area (Å²) in [6, 6.07) is 7.19. The van der Waals surface area contributed by atoms with E-state index in [1.807, 2.05) is 12.1 Å². The van der Waals surface area contributed by atoms with Crippen LogP contribution in [-0.4, -0.2) is 35.0 Å². The average molecular weight is 337 g/mol. The van der Waals surface area contributed by atoms with Crippen molar-refractivity contribution in [2.45, 2.75) is 44.9 Å². The molecule has 0 fully saturated rings. The van der Waals surface area contributed by atoms with E-state index in [1.165, 1.54) is 4.90 Å². The predicted molar refractivity (Wildman–Crippen MR) is 90.4 cm³/mol. The minimum Gasteiger partial charge on any atom is -0.427 e. The van der Waals surface area contributed by atoms with E-state index in [0.717, 1.165) is 4.90 Å². The second-order valence-corrected chi connectivity index (χ2v) is 5.96. The van der Waals surface area contributed by atoms with Gasteiger partial charge in [-0.1, -0.05) is 20.8 Å². The molecule has 0 N–H and O–H groups in total. The fraction of sp³-hybridized carbons (Fsp3) is 0.471. The number of nitrogens with zero attached hydrogens (tertiary/aromatic N) is 1. The Balaban J connectivity index is 2.52. The molecule has 0 saturated carbocycles. The van der Waals surface area contributed by atoms with Crippen LogP contribution in [0.2, 0.25) is 0 Å². The van der Waals surface area contributed by atoms with Gasteiger partial charge in [-0.2, -0.15) is 0 Å². The van der Waals surface area contributed by atoms with E-state index in [1.54, 1.807) is 44.7 Å². The van der Waals surface area contributed by atoms with Crippen LogP contribution in [0, 0.1) is 0 Å². The van der Waals surface area contributed by atoms with Gasteiger partial charge in [-0.05, 0) is 24.3 Å². The number of carbonyl (C=O) groups is 3. The monoisotopic (exact) mass is 337 g/mol. The third-order valence-corrected chi connectivity index (χ3v) is 4.13. The number of esters is 1. The highest BCUT2D eigenvalue weighted by molar-refractivity contribution is 7.99. The Labute approximate surface area is 141 Å². The maximum absolute atomic E-state index is 11.8. The van der Waals surface area contributed by atoms with Gasteiger partial charge in [-0.15, -0.1) is 11.8 Å². The van der Waals surface area contributed by atoms with Crippen molar-refractivity contribution in [1.82, 2.24) is 4.90 Å². The Kier molecular flexibility index (Phi) is 8.40. The van der Waals surface area contributed by atoms with Crippen LogP contribution < -0.4 is 4.74 Å². The van der Waals surface area contributed by atoms with E-state index in [-0.39, 0.29) is 17.8 Å². The van der Waals surface area contributed by atoms with Gasteiger partial charge in [0.25, 0.3) is 0 Å². The lowest BCUT2D eigenvalue weighted by atomic mass is 10.3. The smallest absolute Gasteiger partial charge is 0.310 e. The maximum Gasteiger partial charge on any atom is 0.310 e. The topological polar surface area (TPSA) is 63.7 Å². The van der Waals surface area contributed by atoms with Gasteiger partial charge in [-0.3, -0.25) is 19.3 Å². The van der Waals surface area contributed by atoms with Gasteiger partial charge in [0.05, 0.1) is 0 Å². The van der Waals surface area contributed by atoms with Gasteiger partial charge < -0.3 is 4.74 Å². The van der Waals surface area contributed by atoms with E-state index in [4.69, 9.17) is 4.74 Å². The first-order valence-electron chi connectivity index (χ1n) is 7.78. The average Bonchev–Trinajstić information content (AvgIpc) is 2.58. The van der Waals surface area contributed by atoms with Crippen molar-refractivity contribution in [3.8, 4) is 5.75 Å². The number of imide groups is 1. The Morgan fingerprint density at radius 1 is 0.957 bits per heavy atom. The number of carbonyl (C=O) groups excluding carboxylic acids is 3. The fourth-order valence-electron chi connectivity index (χ4n) is 1.83. The van der Waals surface area contributed by atoms with Crippen LogP contribution in [0.4, 0.5) is 0 Å². The largest absolute Gasteiger partial charge is 0.427 e. The van der Waals surface area contributed by atoms with Gasteiger partial charge in [0, 0.05) is 36.5 Å². The molecule has 0 heterocycles. The zero-order chi connectivity index (χ0) is 17.2. The molecule has 0 unspecified atom stereocenters. The number of amides is 2. The van der Waals surface area contributed by atoms with Gasteiger partial charge in [-0.25, -0.2) is 0 Å². The summed E-state index contributed by atoms with van der Waals surface area (Å²) in [5.41, 5.74) is 0. The summed E-state index contributed by atoms with van der Waals surface area (Å²) >= 11 is 1.55. The summed E-state index contributed by atoms with van der Waals surface area (Å²) in [7, 11) is 0. The SMILES string of the molecule is CCC(=O)Oc1ccc(SCCN(C(=O)CC)C(=O)CC)cc1. The molecule has 1 aromatic rings. The molecule has 0 spiro atoms. The zero-order valence-electron chi connectivity index (χ0n) is 13.8. The van der Waals surface area contributed by atoms with Crippen LogP contribution in [0.25, 0.3) is 0 Å².